The van der Waals surface area contributed by atoms with E-state index in [1.54, 1.807) is 0 Å². The number of thioether (sulfide) groups is 1. The number of guanidine groups is 1. The smallest absolute Gasteiger partial charge is 0.191 e. The van der Waals surface area contributed by atoms with Gasteiger partial charge >= 0.3 is 0 Å². The van der Waals surface area contributed by atoms with E-state index in [0.717, 1.165) is 62.5 Å². The second-order valence-corrected chi connectivity index (χ2v) is 9.17. The van der Waals surface area contributed by atoms with E-state index >= 15 is 0 Å². The molecule has 7 heteroatoms. The number of nitrogens with one attached hydrogen (secondary N) is 2. The zero-order valence-corrected chi connectivity index (χ0v) is 18.0. The van der Waals surface area contributed by atoms with E-state index < -0.39 is 0 Å². The molecule has 0 aromatic heterocycles. The summed E-state index contributed by atoms with van der Waals surface area (Å²) in [5.74, 6) is 0.910. The molecule has 1 aromatic rings. The van der Waals surface area contributed by atoms with Gasteiger partial charge in [-0.05, 0) is 49.8 Å². The van der Waals surface area contributed by atoms with Gasteiger partial charge in [0.25, 0.3) is 0 Å². The van der Waals surface area contributed by atoms with Gasteiger partial charge in [0, 0.05) is 60.8 Å². The predicted octanol–water partition coefficient (Wildman–Crippen LogP) is 3.11. The second-order valence-electron chi connectivity index (χ2n) is 6.98. The van der Waals surface area contributed by atoms with Gasteiger partial charge in [0.2, 0.25) is 0 Å². The van der Waals surface area contributed by atoms with Crippen LogP contribution in [0.4, 0.5) is 5.69 Å². The van der Waals surface area contributed by atoms with Crippen molar-refractivity contribution in [1.29, 1.82) is 0 Å². The summed E-state index contributed by atoms with van der Waals surface area (Å²) in [6.45, 7) is 4.73. The number of nitrogens with zero attached hydrogens (tertiary/aromatic N) is 2. The van der Waals surface area contributed by atoms with Crippen molar-refractivity contribution >= 4 is 39.3 Å². The molecule has 2 heterocycles. The summed E-state index contributed by atoms with van der Waals surface area (Å²) in [6.07, 6.45) is 5.52. The van der Waals surface area contributed by atoms with Crippen LogP contribution in [0, 0.1) is 0 Å². The molecule has 144 valence electrons. The molecule has 1 atom stereocenters. The SMILES string of the molecule is CN=C(NCC1(SC)CCOCC1)NC1CCN(c2ccc(Br)cc2)C1. The van der Waals surface area contributed by atoms with Crippen LogP contribution in [0.5, 0.6) is 0 Å². The minimum absolute atomic E-state index is 0.259. The van der Waals surface area contributed by atoms with Crippen LogP contribution in [0.15, 0.2) is 33.7 Å². The molecular weight excluding hydrogens is 412 g/mol. The number of anilines is 1. The fourth-order valence-electron chi connectivity index (χ4n) is 3.59. The maximum Gasteiger partial charge on any atom is 0.191 e. The molecule has 1 aromatic carbocycles. The first kappa shape index (κ1) is 19.8. The van der Waals surface area contributed by atoms with Crippen LogP contribution in [0.3, 0.4) is 0 Å². The summed E-state index contributed by atoms with van der Waals surface area (Å²) in [6, 6.07) is 8.98. The highest BCUT2D eigenvalue weighted by Crippen LogP contribution is 2.33. The van der Waals surface area contributed by atoms with Crippen LogP contribution < -0.4 is 15.5 Å². The molecule has 2 fully saturated rings. The largest absolute Gasteiger partial charge is 0.381 e. The van der Waals surface area contributed by atoms with Crippen molar-refractivity contribution in [3.8, 4) is 0 Å². The molecule has 0 bridgehead atoms. The molecule has 0 radical (unpaired) electrons. The Kier molecular flexibility index (Phi) is 7.12. The predicted molar refractivity (Wildman–Crippen MR) is 116 cm³/mol. The first-order valence-corrected chi connectivity index (χ1v) is 11.3. The Bertz CT molecular complexity index is 604. The quantitative estimate of drug-likeness (QED) is 0.543. The van der Waals surface area contributed by atoms with E-state index in [1.807, 2.05) is 18.8 Å². The van der Waals surface area contributed by atoms with Crippen molar-refractivity contribution in [2.24, 2.45) is 4.99 Å². The zero-order valence-electron chi connectivity index (χ0n) is 15.6. The highest BCUT2D eigenvalue weighted by Gasteiger charge is 2.32. The van der Waals surface area contributed by atoms with Crippen LogP contribution in [0.2, 0.25) is 0 Å². The maximum absolute atomic E-state index is 5.53. The van der Waals surface area contributed by atoms with Gasteiger partial charge in [-0.15, -0.1) is 0 Å². The molecule has 2 saturated heterocycles. The summed E-state index contributed by atoms with van der Waals surface area (Å²) >= 11 is 5.45. The summed E-state index contributed by atoms with van der Waals surface area (Å²) in [4.78, 5) is 6.87. The molecule has 2 aliphatic heterocycles. The van der Waals surface area contributed by atoms with E-state index in [9.17, 15) is 0 Å². The average molecular weight is 441 g/mol. The van der Waals surface area contributed by atoms with Gasteiger partial charge < -0.3 is 20.3 Å². The van der Waals surface area contributed by atoms with Gasteiger partial charge in [0.15, 0.2) is 5.96 Å². The van der Waals surface area contributed by atoms with Gasteiger partial charge in [-0.3, -0.25) is 4.99 Å². The molecular formula is C19H29BrN4OS. The fraction of sp³-hybridized carbons (Fsp3) is 0.632. The number of aliphatic imine (C=N–C) groups is 1. The van der Waals surface area contributed by atoms with Crippen molar-refractivity contribution in [3.05, 3.63) is 28.7 Å². The minimum atomic E-state index is 0.259. The van der Waals surface area contributed by atoms with E-state index in [4.69, 9.17) is 4.74 Å². The number of hydrogen-bond acceptors (Lipinski definition) is 4. The number of halogens is 1. The van der Waals surface area contributed by atoms with Crippen molar-refractivity contribution in [1.82, 2.24) is 10.6 Å². The number of hydrogen-bond donors (Lipinski definition) is 2. The lowest BCUT2D eigenvalue weighted by atomic mass is 9.99. The summed E-state index contributed by atoms with van der Waals surface area (Å²) in [7, 11) is 1.85. The molecule has 2 N–H and O–H groups in total. The third-order valence-electron chi connectivity index (χ3n) is 5.36. The Morgan fingerprint density at radius 1 is 1.35 bits per heavy atom. The molecule has 0 aliphatic carbocycles. The van der Waals surface area contributed by atoms with Crippen molar-refractivity contribution < 1.29 is 4.74 Å². The molecule has 5 nitrogen and oxygen atoms in total. The van der Waals surface area contributed by atoms with Gasteiger partial charge in [-0.2, -0.15) is 11.8 Å². The Balaban J connectivity index is 1.50. The average Bonchev–Trinajstić information content (AvgIpc) is 3.15. The second kappa shape index (κ2) is 9.33. The van der Waals surface area contributed by atoms with Crippen LogP contribution in [-0.4, -0.2) is 62.9 Å². The van der Waals surface area contributed by atoms with Gasteiger partial charge in [-0.1, -0.05) is 15.9 Å². The Labute approximate surface area is 169 Å². The number of benzene rings is 1. The number of ether oxygens (including phenoxy) is 1. The van der Waals surface area contributed by atoms with Crippen LogP contribution >= 0.6 is 27.7 Å². The van der Waals surface area contributed by atoms with Crippen molar-refractivity contribution in [2.45, 2.75) is 30.1 Å². The fourth-order valence-corrected chi connectivity index (χ4v) is 4.65. The third-order valence-corrected chi connectivity index (χ3v) is 7.31. The topological polar surface area (TPSA) is 48.9 Å². The maximum atomic E-state index is 5.53. The minimum Gasteiger partial charge on any atom is -0.381 e. The van der Waals surface area contributed by atoms with Gasteiger partial charge in [0.1, 0.15) is 0 Å². The molecule has 26 heavy (non-hydrogen) atoms. The normalized spacial score (nSPS) is 23.1. The molecule has 0 amide bonds. The number of rotatable bonds is 5. The van der Waals surface area contributed by atoms with Crippen LogP contribution in [-0.2, 0) is 4.74 Å². The van der Waals surface area contributed by atoms with Crippen molar-refractivity contribution in [2.75, 3.05) is 51.1 Å². The van der Waals surface area contributed by atoms with Crippen LogP contribution in [0.1, 0.15) is 19.3 Å². The molecule has 1 unspecified atom stereocenters. The third kappa shape index (κ3) is 5.08. The van der Waals surface area contributed by atoms with Gasteiger partial charge in [-0.25, -0.2) is 0 Å². The Morgan fingerprint density at radius 3 is 2.73 bits per heavy atom. The van der Waals surface area contributed by atoms with Crippen molar-refractivity contribution in [3.63, 3.8) is 0 Å². The van der Waals surface area contributed by atoms with Gasteiger partial charge in [0.05, 0.1) is 0 Å². The highest BCUT2D eigenvalue weighted by atomic mass is 79.9. The van der Waals surface area contributed by atoms with E-state index in [0.29, 0.717) is 6.04 Å². The molecule has 0 saturated carbocycles. The zero-order chi connectivity index (χ0) is 18.4. The van der Waals surface area contributed by atoms with E-state index in [-0.39, 0.29) is 4.75 Å². The summed E-state index contributed by atoms with van der Waals surface area (Å²) in [5.41, 5.74) is 1.28. The standard InChI is InChI=1S/C19H29BrN4OS/c1-21-18(22-14-19(26-2)8-11-25-12-9-19)23-16-7-10-24(13-16)17-5-3-15(20)4-6-17/h3-6,16H,7-14H2,1-2H3,(H2,21,22,23). The molecule has 0 spiro atoms. The Hall–Kier alpha value is -0.920. The Morgan fingerprint density at radius 2 is 2.08 bits per heavy atom. The lowest BCUT2D eigenvalue weighted by Gasteiger charge is -2.36. The highest BCUT2D eigenvalue weighted by molar-refractivity contribution is 9.10. The summed E-state index contributed by atoms with van der Waals surface area (Å²) in [5, 5.41) is 7.16. The first-order valence-electron chi connectivity index (χ1n) is 9.25. The van der Waals surface area contributed by atoms with E-state index in [1.165, 1.54) is 5.69 Å². The van der Waals surface area contributed by atoms with E-state index in [2.05, 4.69) is 67.0 Å². The lowest BCUT2D eigenvalue weighted by Crippen LogP contribution is -2.50. The molecule has 3 rings (SSSR count). The summed E-state index contributed by atoms with van der Waals surface area (Å²) < 4.78 is 6.91. The molecule has 2 aliphatic rings. The van der Waals surface area contributed by atoms with Crippen LogP contribution in [0.25, 0.3) is 0 Å². The lowest BCUT2D eigenvalue weighted by molar-refractivity contribution is 0.0782. The first-order chi connectivity index (χ1) is 12.6. The monoisotopic (exact) mass is 440 g/mol.